The molecule has 1 aliphatic heterocycles. The fraction of sp³-hybridized carbons (Fsp3) is 0.316. The van der Waals surface area contributed by atoms with E-state index in [4.69, 9.17) is 10.0 Å². The van der Waals surface area contributed by atoms with Crippen molar-refractivity contribution in [1.29, 1.82) is 0 Å². The summed E-state index contributed by atoms with van der Waals surface area (Å²) in [5.74, 6) is -0.397. The van der Waals surface area contributed by atoms with Crippen LogP contribution in [-0.4, -0.2) is 47.1 Å². The number of rotatable bonds is 5. The Kier molecular flexibility index (Phi) is 6.03. The topological polar surface area (TPSA) is 72.8 Å². The van der Waals surface area contributed by atoms with E-state index in [2.05, 4.69) is 10.2 Å². The van der Waals surface area contributed by atoms with Gasteiger partial charge in [0.25, 0.3) is 5.91 Å². The summed E-state index contributed by atoms with van der Waals surface area (Å²) in [7, 11) is -1.54. The highest BCUT2D eigenvalue weighted by atomic mass is 19.1. The first-order valence-corrected chi connectivity index (χ1v) is 8.75. The van der Waals surface area contributed by atoms with Crippen LogP contribution < -0.4 is 10.8 Å². The van der Waals surface area contributed by atoms with Crippen molar-refractivity contribution in [3.8, 4) is 0 Å². The van der Waals surface area contributed by atoms with Crippen LogP contribution in [0.5, 0.6) is 0 Å². The van der Waals surface area contributed by atoms with Crippen molar-refractivity contribution in [2.45, 2.75) is 25.4 Å². The molecule has 2 aromatic carbocycles. The Balaban J connectivity index is 1.57. The van der Waals surface area contributed by atoms with Crippen molar-refractivity contribution in [3.05, 3.63) is 65.5 Å². The third-order valence-corrected chi connectivity index (χ3v) is 4.66. The first kappa shape index (κ1) is 18.6. The summed E-state index contributed by atoms with van der Waals surface area (Å²) in [6.07, 6.45) is 1.82. The molecule has 1 aliphatic rings. The maximum absolute atomic E-state index is 13.8. The second kappa shape index (κ2) is 8.44. The average molecular weight is 356 g/mol. The van der Waals surface area contributed by atoms with Crippen molar-refractivity contribution >= 4 is 18.5 Å². The molecule has 7 heteroatoms. The van der Waals surface area contributed by atoms with E-state index < -0.39 is 7.12 Å². The van der Waals surface area contributed by atoms with Crippen LogP contribution in [0.3, 0.4) is 0 Å². The molecule has 0 bridgehead atoms. The Morgan fingerprint density at radius 1 is 1.19 bits per heavy atom. The minimum atomic E-state index is -1.54. The number of amides is 1. The molecule has 1 unspecified atom stereocenters. The molecule has 1 amide bonds. The molecule has 0 aliphatic carbocycles. The second-order valence-corrected chi connectivity index (χ2v) is 6.63. The van der Waals surface area contributed by atoms with Gasteiger partial charge in [-0.05, 0) is 43.0 Å². The molecule has 0 spiro atoms. The maximum Gasteiger partial charge on any atom is 0.488 e. The van der Waals surface area contributed by atoms with Crippen molar-refractivity contribution in [1.82, 2.24) is 10.2 Å². The molecule has 0 radical (unpaired) electrons. The van der Waals surface area contributed by atoms with Crippen molar-refractivity contribution in [2.24, 2.45) is 0 Å². The van der Waals surface area contributed by atoms with Crippen LogP contribution in [-0.2, 0) is 6.54 Å². The molecule has 3 N–H and O–H groups in total. The van der Waals surface area contributed by atoms with E-state index in [0.29, 0.717) is 29.7 Å². The molecule has 1 saturated heterocycles. The van der Waals surface area contributed by atoms with Gasteiger partial charge in [-0.25, -0.2) is 4.39 Å². The SMILES string of the molecule is O=C(NC1CCCN(Cc2ccccc2F)C1)c1ccc(B(O)O)cc1. The highest BCUT2D eigenvalue weighted by molar-refractivity contribution is 6.58. The van der Waals surface area contributed by atoms with E-state index in [0.717, 1.165) is 19.4 Å². The Morgan fingerprint density at radius 3 is 2.62 bits per heavy atom. The Bertz CT molecular complexity index is 755. The summed E-state index contributed by atoms with van der Waals surface area (Å²) in [5.41, 5.74) is 1.48. The van der Waals surface area contributed by atoms with Gasteiger partial charge in [-0.1, -0.05) is 30.3 Å². The molecule has 0 saturated carbocycles. The molecule has 26 heavy (non-hydrogen) atoms. The van der Waals surface area contributed by atoms with E-state index in [1.807, 2.05) is 6.07 Å². The number of nitrogens with zero attached hydrogens (tertiary/aromatic N) is 1. The highest BCUT2D eigenvalue weighted by Gasteiger charge is 2.22. The molecule has 1 heterocycles. The molecular weight excluding hydrogens is 334 g/mol. The minimum absolute atomic E-state index is 0.00568. The van der Waals surface area contributed by atoms with Crippen LogP contribution in [0.4, 0.5) is 4.39 Å². The zero-order chi connectivity index (χ0) is 18.5. The number of halogens is 1. The molecule has 3 rings (SSSR count). The lowest BCUT2D eigenvalue weighted by Gasteiger charge is -2.33. The number of nitrogens with one attached hydrogen (secondary N) is 1. The van der Waals surface area contributed by atoms with Gasteiger partial charge in [0, 0.05) is 30.3 Å². The summed E-state index contributed by atoms with van der Waals surface area (Å²) < 4.78 is 13.8. The summed E-state index contributed by atoms with van der Waals surface area (Å²) in [6.45, 7) is 2.08. The third-order valence-electron chi connectivity index (χ3n) is 4.66. The van der Waals surface area contributed by atoms with E-state index in [-0.39, 0.29) is 17.8 Å². The normalized spacial score (nSPS) is 17.7. The van der Waals surface area contributed by atoms with Gasteiger partial charge in [-0.15, -0.1) is 0 Å². The number of benzene rings is 2. The standard InChI is InChI=1S/C19H22BFN2O3/c21-18-6-2-1-4-15(18)12-23-11-3-5-17(13-23)22-19(24)14-7-9-16(10-8-14)20(25)26/h1-2,4,6-10,17,25-26H,3,5,11-13H2,(H,22,24). The monoisotopic (exact) mass is 356 g/mol. The number of carbonyl (C=O) groups is 1. The average Bonchev–Trinajstić information content (AvgIpc) is 2.64. The minimum Gasteiger partial charge on any atom is -0.423 e. The van der Waals surface area contributed by atoms with Crippen LogP contribution in [0.1, 0.15) is 28.8 Å². The third kappa shape index (κ3) is 4.69. The van der Waals surface area contributed by atoms with Crippen molar-refractivity contribution in [3.63, 3.8) is 0 Å². The van der Waals surface area contributed by atoms with E-state index in [1.54, 1.807) is 24.3 Å². The van der Waals surface area contributed by atoms with Gasteiger partial charge in [-0.3, -0.25) is 9.69 Å². The summed E-state index contributed by atoms with van der Waals surface area (Å²) in [4.78, 5) is 14.5. The fourth-order valence-electron chi connectivity index (χ4n) is 3.26. The smallest absolute Gasteiger partial charge is 0.423 e. The molecule has 1 atom stereocenters. The second-order valence-electron chi connectivity index (χ2n) is 6.63. The zero-order valence-corrected chi connectivity index (χ0v) is 14.4. The first-order chi connectivity index (χ1) is 12.5. The van der Waals surface area contributed by atoms with Gasteiger partial charge in [-0.2, -0.15) is 0 Å². The number of hydrogen-bond acceptors (Lipinski definition) is 4. The maximum atomic E-state index is 13.8. The predicted molar refractivity (Wildman–Crippen MR) is 98.4 cm³/mol. The quantitative estimate of drug-likeness (QED) is 0.696. The van der Waals surface area contributed by atoms with Crippen LogP contribution in [0.25, 0.3) is 0 Å². The lowest BCUT2D eigenvalue weighted by atomic mass is 9.80. The van der Waals surface area contributed by atoms with Crippen LogP contribution in [0, 0.1) is 5.82 Å². The van der Waals surface area contributed by atoms with Gasteiger partial charge >= 0.3 is 7.12 Å². The predicted octanol–water partition coefficient (Wildman–Crippen LogP) is 0.900. The van der Waals surface area contributed by atoms with E-state index in [1.165, 1.54) is 18.2 Å². The van der Waals surface area contributed by atoms with Gasteiger partial charge in [0.1, 0.15) is 5.82 Å². The van der Waals surface area contributed by atoms with Crippen LogP contribution >= 0.6 is 0 Å². The van der Waals surface area contributed by atoms with Crippen LogP contribution in [0.15, 0.2) is 48.5 Å². The molecule has 1 fully saturated rings. The molecule has 136 valence electrons. The number of piperidine rings is 1. The Labute approximate surface area is 152 Å². The number of likely N-dealkylation sites (tertiary alicyclic amines) is 1. The highest BCUT2D eigenvalue weighted by Crippen LogP contribution is 2.16. The lowest BCUT2D eigenvalue weighted by Crippen LogP contribution is -2.47. The fourth-order valence-corrected chi connectivity index (χ4v) is 3.26. The largest absolute Gasteiger partial charge is 0.488 e. The summed E-state index contributed by atoms with van der Waals surface area (Å²) in [5, 5.41) is 21.2. The Hall–Kier alpha value is -2.22. The number of hydrogen-bond donors (Lipinski definition) is 3. The molecule has 2 aromatic rings. The van der Waals surface area contributed by atoms with Gasteiger partial charge in [0.05, 0.1) is 0 Å². The molecular formula is C19H22BFN2O3. The molecule has 5 nitrogen and oxygen atoms in total. The van der Waals surface area contributed by atoms with Gasteiger partial charge in [0.2, 0.25) is 0 Å². The van der Waals surface area contributed by atoms with Gasteiger partial charge in [0.15, 0.2) is 0 Å². The lowest BCUT2D eigenvalue weighted by molar-refractivity contribution is 0.0900. The first-order valence-electron chi connectivity index (χ1n) is 8.75. The van der Waals surface area contributed by atoms with E-state index >= 15 is 0 Å². The molecule has 0 aromatic heterocycles. The summed E-state index contributed by atoms with van der Waals surface area (Å²) in [6, 6.07) is 12.9. The van der Waals surface area contributed by atoms with Crippen LogP contribution in [0.2, 0.25) is 0 Å². The Morgan fingerprint density at radius 2 is 1.92 bits per heavy atom. The van der Waals surface area contributed by atoms with Crippen molar-refractivity contribution in [2.75, 3.05) is 13.1 Å². The van der Waals surface area contributed by atoms with Gasteiger partial charge < -0.3 is 15.4 Å². The zero-order valence-electron chi connectivity index (χ0n) is 14.4. The summed E-state index contributed by atoms with van der Waals surface area (Å²) >= 11 is 0. The number of carbonyl (C=O) groups excluding carboxylic acids is 1. The van der Waals surface area contributed by atoms with Crippen molar-refractivity contribution < 1.29 is 19.2 Å². The van der Waals surface area contributed by atoms with E-state index in [9.17, 15) is 9.18 Å².